The van der Waals surface area contributed by atoms with Crippen molar-refractivity contribution in [3.05, 3.63) is 0 Å². The monoisotopic (exact) mass is 254 g/mol. The highest BCUT2D eigenvalue weighted by Crippen LogP contribution is 2.24. The van der Waals surface area contributed by atoms with Gasteiger partial charge in [-0.2, -0.15) is 0 Å². The van der Waals surface area contributed by atoms with Crippen LogP contribution >= 0.6 is 0 Å². The third kappa shape index (κ3) is 3.23. The summed E-state index contributed by atoms with van der Waals surface area (Å²) in [6.45, 7) is 4.07. The van der Waals surface area contributed by atoms with Crippen LogP contribution in [0.3, 0.4) is 0 Å². The number of nitrogens with zero attached hydrogens (tertiary/aromatic N) is 1. The maximum absolute atomic E-state index is 12.5. The van der Waals surface area contributed by atoms with Crippen molar-refractivity contribution < 1.29 is 9.90 Å². The van der Waals surface area contributed by atoms with Crippen molar-refractivity contribution >= 4 is 5.91 Å². The van der Waals surface area contributed by atoms with Gasteiger partial charge in [-0.1, -0.05) is 0 Å². The predicted molar refractivity (Wildman–Crippen MR) is 71.2 cm³/mol. The maximum Gasteiger partial charge on any atom is 0.227 e. The second kappa shape index (κ2) is 6.53. The molecule has 0 saturated carbocycles. The average molecular weight is 254 g/mol. The molecule has 4 heteroatoms. The Hall–Kier alpha value is -0.610. The zero-order chi connectivity index (χ0) is 13.0. The molecule has 2 fully saturated rings. The van der Waals surface area contributed by atoms with Gasteiger partial charge in [0.05, 0.1) is 5.92 Å². The summed E-state index contributed by atoms with van der Waals surface area (Å²) in [6.07, 6.45) is 6.20. The van der Waals surface area contributed by atoms with Gasteiger partial charge >= 0.3 is 0 Å². The quantitative estimate of drug-likeness (QED) is 0.794. The summed E-state index contributed by atoms with van der Waals surface area (Å²) >= 11 is 0. The van der Waals surface area contributed by atoms with Gasteiger partial charge in [-0.05, 0) is 45.4 Å². The molecule has 2 aliphatic heterocycles. The van der Waals surface area contributed by atoms with Gasteiger partial charge in [-0.15, -0.1) is 0 Å². The first kappa shape index (κ1) is 13.8. The zero-order valence-corrected chi connectivity index (χ0v) is 11.4. The number of carbonyl (C=O) groups is 1. The normalized spacial score (nSPS) is 33.4. The van der Waals surface area contributed by atoms with E-state index in [4.69, 9.17) is 5.11 Å². The molecule has 18 heavy (non-hydrogen) atoms. The van der Waals surface area contributed by atoms with Crippen LogP contribution in [0.2, 0.25) is 0 Å². The van der Waals surface area contributed by atoms with Crippen LogP contribution in [0.5, 0.6) is 0 Å². The fourth-order valence-corrected chi connectivity index (χ4v) is 3.18. The molecule has 0 radical (unpaired) electrons. The smallest absolute Gasteiger partial charge is 0.227 e. The largest absolute Gasteiger partial charge is 0.396 e. The van der Waals surface area contributed by atoms with Crippen molar-refractivity contribution in [2.45, 2.75) is 57.5 Å². The van der Waals surface area contributed by atoms with Crippen molar-refractivity contribution in [2.75, 3.05) is 19.7 Å². The lowest BCUT2D eigenvalue weighted by Crippen LogP contribution is -2.50. The van der Waals surface area contributed by atoms with Gasteiger partial charge in [0.2, 0.25) is 5.91 Å². The molecule has 0 aromatic carbocycles. The van der Waals surface area contributed by atoms with E-state index in [2.05, 4.69) is 12.2 Å². The Bertz CT molecular complexity index is 273. The first-order valence-electron chi connectivity index (χ1n) is 7.37. The van der Waals surface area contributed by atoms with Crippen molar-refractivity contribution in [2.24, 2.45) is 5.92 Å². The molecular formula is C14H26N2O2. The van der Waals surface area contributed by atoms with E-state index in [1.54, 1.807) is 0 Å². The predicted octanol–water partition coefficient (Wildman–Crippen LogP) is 1.14. The molecule has 2 aliphatic rings. The van der Waals surface area contributed by atoms with Crippen molar-refractivity contribution in [1.29, 1.82) is 0 Å². The summed E-state index contributed by atoms with van der Waals surface area (Å²) in [6, 6.07) is 0.819. The van der Waals surface area contributed by atoms with Crippen LogP contribution in [0.1, 0.15) is 45.4 Å². The number of carbonyl (C=O) groups excluding carboxylic acids is 1. The lowest BCUT2D eigenvalue weighted by Gasteiger charge is -2.39. The molecule has 2 heterocycles. The van der Waals surface area contributed by atoms with Crippen LogP contribution < -0.4 is 5.32 Å². The Morgan fingerprint density at radius 2 is 2.17 bits per heavy atom. The minimum absolute atomic E-state index is 0.153. The van der Waals surface area contributed by atoms with Crippen LogP contribution in [-0.4, -0.2) is 47.7 Å². The first-order chi connectivity index (χ1) is 8.72. The minimum atomic E-state index is 0.153. The SMILES string of the molecule is CC1CCC(C(=O)N2CCCCC2CCO)CN1. The van der Waals surface area contributed by atoms with Crippen molar-refractivity contribution in [1.82, 2.24) is 10.2 Å². The lowest BCUT2D eigenvalue weighted by molar-refractivity contribution is -0.140. The number of aliphatic hydroxyl groups is 1. The van der Waals surface area contributed by atoms with Crippen LogP contribution in [0.15, 0.2) is 0 Å². The fourth-order valence-electron chi connectivity index (χ4n) is 3.18. The number of piperidine rings is 2. The van der Waals surface area contributed by atoms with E-state index in [-0.39, 0.29) is 18.6 Å². The van der Waals surface area contributed by atoms with Crippen molar-refractivity contribution in [3.8, 4) is 0 Å². The van der Waals surface area contributed by atoms with E-state index < -0.39 is 0 Å². The molecular weight excluding hydrogens is 228 g/mol. The molecule has 4 nitrogen and oxygen atoms in total. The highest BCUT2D eigenvalue weighted by Gasteiger charge is 2.32. The van der Waals surface area contributed by atoms with Crippen LogP contribution in [0, 0.1) is 5.92 Å². The Morgan fingerprint density at radius 1 is 1.33 bits per heavy atom. The topological polar surface area (TPSA) is 52.6 Å². The lowest BCUT2D eigenvalue weighted by atomic mass is 9.91. The van der Waals surface area contributed by atoms with Gasteiger partial charge in [0.15, 0.2) is 0 Å². The van der Waals surface area contributed by atoms with Crippen molar-refractivity contribution in [3.63, 3.8) is 0 Å². The van der Waals surface area contributed by atoms with E-state index in [1.807, 2.05) is 4.90 Å². The molecule has 2 N–H and O–H groups in total. The molecule has 2 saturated heterocycles. The van der Waals surface area contributed by atoms with Crippen LogP contribution in [0.4, 0.5) is 0 Å². The molecule has 104 valence electrons. The third-order valence-corrected chi connectivity index (χ3v) is 4.38. The van der Waals surface area contributed by atoms with Gasteiger partial charge in [0, 0.05) is 31.8 Å². The number of nitrogens with one attached hydrogen (secondary N) is 1. The highest BCUT2D eigenvalue weighted by atomic mass is 16.3. The Morgan fingerprint density at radius 3 is 2.83 bits per heavy atom. The van der Waals surface area contributed by atoms with Gasteiger partial charge in [-0.25, -0.2) is 0 Å². The number of hydrogen-bond acceptors (Lipinski definition) is 3. The van der Waals surface area contributed by atoms with Crippen LogP contribution in [0.25, 0.3) is 0 Å². The molecule has 0 aliphatic carbocycles. The summed E-state index contributed by atoms with van der Waals surface area (Å²) in [5.74, 6) is 0.466. The van der Waals surface area contributed by atoms with Gasteiger partial charge in [0.1, 0.15) is 0 Å². The summed E-state index contributed by atoms with van der Waals surface area (Å²) in [5, 5.41) is 12.5. The van der Waals surface area contributed by atoms with E-state index in [0.29, 0.717) is 11.9 Å². The summed E-state index contributed by atoms with van der Waals surface area (Å²) in [7, 11) is 0. The molecule has 3 atom stereocenters. The Labute approximate surface area is 110 Å². The molecule has 0 spiro atoms. The second-order valence-corrected chi connectivity index (χ2v) is 5.78. The summed E-state index contributed by atoms with van der Waals surface area (Å²) in [4.78, 5) is 14.6. The second-order valence-electron chi connectivity index (χ2n) is 5.78. The van der Waals surface area contributed by atoms with E-state index in [0.717, 1.165) is 45.2 Å². The number of likely N-dealkylation sites (tertiary alicyclic amines) is 1. The molecule has 2 rings (SSSR count). The Balaban J connectivity index is 1.93. The minimum Gasteiger partial charge on any atom is -0.396 e. The van der Waals surface area contributed by atoms with E-state index >= 15 is 0 Å². The third-order valence-electron chi connectivity index (χ3n) is 4.38. The van der Waals surface area contributed by atoms with Crippen LogP contribution in [-0.2, 0) is 4.79 Å². The first-order valence-corrected chi connectivity index (χ1v) is 7.37. The number of hydrogen-bond donors (Lipinski definition) is 2. The fraction of sp³-hybridized carbons (Fsp3) is 0.929. The maximum atomic E-state index is 12.5. The highest BCUT2D eigenvalue weighted by molar-refractivity contribution is 5.79. The Kier molecular flexibility index (Phi) is 5.01. The molecule has 0 aromatic rings. The summed E-state index contributed by atoms with van der Waals surface area (Å²) < 4.78 is 0. The number of rotatable bonds is 3. The number of amides is 1. The van der Waals surface area contributed by atoms with E-state index in [1.165, 1.54) is 6.42 Å². The van der Waals surface area contributed by atoms with Gasteiger partial charge < -0.3 is 15.3 Å². The molecule has 3 unspecified atom stereocenters. The average Bonchev–Trinajstić information content (AvgIpc) is 2.40. The summed E-state index contributed by atoms with van der Waals surface area (Å²) in [5.41, 5.74) is 0. The van der Waals surface area contributed by atoms with Gasteiger partial charge in [0.25, 0.3) is 0 Å². The molecule has 1 amide bonds. The number of aliphatic hydroxyl groups excluding tert-OH is 1. The van der Waals surface area contributed by atoms with E-state index in [9.17, 15) is 4.79 Å². The van der Waals surface area contributed by atoms with Gasteiger partial charge in [-0.3, -0.25) is 4.79 Å². The zero-order valence-electron chi connectivity index (χ0n) is 11.4. The molecule has 0 aromatic heterocycles. The molecule has 0 bridgehead atoms. The standard InChI is InChI=1S/C14H26N2O2/c1-11-5-6-12(10-15-11)14(18)16-8-3-2-4-13(16)7-9-17/h11-13,15,17H,2-10H2,1H3.